The van der Waals surface area contributed by atoms with Crippen LogP contribution < -0.4 is 0 Å². The molecule has 0 amide bonds. The summed E-state index contributed by atoms with van der Waals surface area (Å²) in [6.45, 7) is 4.19. The topological polar surface area (TPSA) is 0 Å². The van der Waals surface area contributed by atoms with Gasteiger partial charge in [0.2, 0.25) is 0 Å². The van der Waals surface area contributed by atoms with Crippen LogP contribution in [0.15, 0.2) is 0 Å². The molecule has 4 aliphatic carbocycles. The lowest BCUT2D eigenvalue weighted by Gasteiger charge is -2.61. The molecule has 0 saturated heterocycles. The second kappa shape index (κ2) is 2.54. The molecular weight excluding hydrogens is 175 g/mol. The van der Waals surface area contributed by atoms with Crippen LogP contribution in [0.25, 0.3) is 0 Å². The third kappa shape index (κ3) is 0.991. The molecule has 2 unspecified atom stereocenters. The van der Waals surface area contributed by atoms with E-state index in [1.165, 1.54) is 38.5 Å². The van der Waals surface area contributed by atoms with Crippen LogP contribution in [0.4, 0.5) is 4.39 Å². The maximum Gasteiger partial charge on any atom is 0.114 e. The van der Waals surface area contributed by atoms with Crippen LogP contribution in [0.5, 0.6) is 0 Å². The van der Waals surface area contributed by atoms with Crippen molar-refractivity contribution in [2.75, 3.05) is 0 Å². The minimum absolute atomic E-state index is 0.397. The molecule has 1 heteroatoms. The van der Waals surface area contributed by atoms with Gasteiger partial charge in [0.25, 0.3) is 0 Å². The van der Waals surface area contributed by atoms with E-state index in [0.29, 0.717) is 17.3 Å². The highest BCUT2D eigenvalue weighted by Gasteiger charge is 2.60. The first-order valence-corrected chi connectivity index (χ1v) is 6.25. The standard InChI is InChI=1S/C13H21F/c1-3-13-6-9-4-10(7-13)12(2,14)11(5-9)8-13/h9-11H,3-8H2,1-2H3. The van der Waals surface area contributed by atoms with Gasteiger partial charge in [0.05, 0.1) is 0 Å². The Kier molecular flexibility index (Phi) is 1.66. The summed E-state index contributed by atoms with van der Waals surface area (Å²) in [6.07, 6.45) is 7.43. The fourth-order valence-corrected chi connectivity index (χ4v) is 4.77. The van der Waals surface area contributed by atoms with E-state index in [2.05, 4.69) is 6.92 Å². The highest BCUT2D eigenvalue weighted by Crippen LogP contribution is 2.65. The fourth-order valence-electron chi connectivity index (χ4n) is 4.77. The van der Waals surface area contributed by atoms with Crippen molar-refractivity contribution in [3.63, 3.8) is 0 Å². The predicted molar refractivity (Wildman–Crippen MR) is 55.8 cm³/mol. The van der Waals surface area contributed by atoms with Gasteiger partial charge in [0, 0.05) is 0 Å². The van der Waals surface area contributed by atoms with Gasteiger partial charge in [-0.05, 0) is 62.2 Å². The van der Waals surface area contributed by atoms with Gasteiger partial charge in [-0.3, -0.25) is 0 Å². The highest BCUT2D eigenvalue weighted by atomic mass is 19.1. The summed E-state index contributed by atoms with van der Waals surface area (Å²) < 4.78 is 14.5. The van der Waals surface area contributed by atoms with Gasteiger partial charge in [-0.15, -0.1) is 0 Å². The van der Waals surface area contributed by atoms with Crippen LogP contribution in [0, 0.1) is 23.2 Å². The lowest BCUT2D eigenvalue weighted by atomic mass is 9.45. The van der Waals surface area contributed by atoms with Gasteiger partial charge in [-0.2, -0.15) is 0 Å². The molecule has 0 N–H and O–H groups in total. The maximum atomic E-state index is 14.5. The van der Waals surface area contributed by atoms with Gasteiger partial charge in [-0.1, -0.05) is 13.3 Å². The minimum atomic E-state index is -0.824. The summed E-state index contributed by atoms with van der Waals surface area (Å²) in [5.41, 5.74) is -0.266. The largest absolute Gasteiger partial charge is 0.244 e. The molecule has 4 rings (SSSR count). The number of alkyl halides is 1. The second-order valence-electron chi connectivity index (χ2n) is 6.35. The molecular formula is C13H21F. The first-order chi connectivity index (χ1) is 6.56. The average Bonchev–Trinajstić information content (AvgIpc) is 2.14. The van der Waals surface area contributed by atoms with E-state index < -0.39 is 5.67 Å². The monoisotopic (exact) mass is 196 g/mol. The van der Waals surface area contributed by atoms with Crippen molar-refractivity contribution in [3.05, 3.63) is 0 Å². The Balaban J connectivity index is 1.96. The first-order valence-electron chi connectivity index (χ1n) is 6.25. The van der Waals surface area contributed by atoms with E-state index >= 15 is 0 Å². The molecule has 4 fully saturated rings. The normalized spacial score (nSPS) is 60.6. The quantitative estimate of drug-likeness (QED) is 0.595. The zero-order chi connectivity index (χ0) is 9.97. The molecule has 14 heavy (non-hydrogen) atoms. The maximum absolute atomic E-state index is 14.5. The molecule has 0 aliphatic heterocycles. The number of halogens is 1. The summed E-state index contributed by atoms with van der Waals surface area (Å²) >= 11 is 0. The molecule has 0 spiro atoms. The van der Waals surface area contributed by atoms with Gasteiger partial charge < -0.3 is 0 Å². The SMILES string of the molecule is CCC12CC3CC(C1)C(C)(F)C(C3)C2. The van der Waals surface area contributed by atoms with Crippen LogP contribution in [0.2, 0.25) is 0 Å². The number of hydrogen-bond acceptors (Lipinski definition) is 0. The van der Waals surface area contributed by atoms with Crippen molar-refractivity contribution in [3.8, 4) is 0 Å². The summed E-state index contributed by atoms with van der Waals surface area (Å²) in [5.74, 6) is 1.67. The van der Waals surface area contributed by atoms with Gasteiger partial charge in [0.15, 0.2) is 0 Å². The Morgan fingerprint density at radius 2 is 1.71 bits per heavy atom. The van der Waals surface area contributed by atoms with E-state index in [1.807, 2.05) is 6.92 Å². The third-order valence-electron chi connectivity index (χ3n) is 5.66. The predicted octanol–water partition coefficient (Wildman–Crippen LogP) is 3.95. The molecule has 4 bridgehead atoms. The lowest BCUT2D eigenvalue weighted by molar-refractivity contribution is -0.155. The van der Waals surface area contributed by atoms with Gasteiger partial charge in [-0.25, -0.2) is 4.39 Å². The Bertz CT molecular complexity index is 238. The van der Waals surface area contributed by atoms with Gasteiger partial charge >= 0.3 is 0 Å². The molecule has 0 aromatic heterocycles. The molecule has 0 radical (unpaired) electrons. The van der Waals surface area contributed by atoms with Crippen molar-refractivity contribution in [1.29, 1.82) is 0 Å². The highest BCUT2D eigenvalue weighted by molar-refractivity contribution is 5.09. The van der Waals surface area contributed by atoms with Crippen molar-refractivity contribution in [1.82, 2.24) is 0 Å². The smallest absolute Gasteiger partial charge is 0.114 e. The fraction of sp³-hybridized carbons (Fsp3) is 1.00. The average molecular weight is 196 g/mol. The van der Waals surface area contributed by atoms with E-state index in [1.54, 1.807) is 0 Å². The second-order valence-corrected chi connectivity index (χ2v) is 6.35. The zero-order valence-corrected chi connectivity index (χ0v) is 9.35. The van der Waals surface area contributed by atoms with Crippen molar-refractivity contribution in [2.24, 2.45) is 23.2 Å². The Morgan fingerprint density at radius 3 is 2.21 bits per heavy atom. The molecule has 80 valence electrons. The number of hydrogen-bond donors (Lipinski definition) is 0. The van der Waals surface area contributed by atoms with Crippen molar-refractivity contribution in [2.45, 2.75) is 58.0 Å². The van der Waals surface area contributed by atoms with Crippen LogP contribution in [-0.4, -0.2) is 5.67 Å². The molecule has 0 aromatic carbocycles. The van der Waals surface area contributed by atoms with Crippen LogP contribution in [0.1, 0.15) is 52.4 Å². The van der Waals surface area contributed by atoms with Crippen LogP contribution in [-0.2, 0) is 0 Å². The van der Waals surface area contributed by atoms with Crippen molar-refractivity contribution < 1.29 is 4.39 Å². The van der Waals surface area contributed by atoms with Crippen LogP contribution in [0.3, 0.4) is 0 Å². The molecule has 4 saturated carbocycles. The molecule has 0 heterocycles. The lowest BCUT2D eigenvalue weighted by Crippen LogP contribution is -2.57. The first kappa shape index (κ1) is 9.18. The van der Waals surface area contributed by atoms with E-state index in [0.717, 1.165) is 5.92 Å². The Hall–Kier alpha value is -0.0700. The summed E-state index contributed by atoms with van der Waals surface area (Å²) in [4.78, 5) is 0. The summed E-state index contributed by atoms with van der Waals surface area (Å²) in [5, 5.41) is 0. The third-order valence-corrected chi connectivity index (χ3v) is 5.66. The van der Waals surface area contributed by atoms with E-state index in [9.17, 15) is 4.39 Å². The van der Waals surface area contributed by atoms with E-state index in [4.69, 9.17) is 0 Å². The summed E-state index contributed by atoms with van der Waals surface area (Å²) in [6, 6.07) is 0. The molecule has 2 atom stereocenters. The Labute approximate surface area is 86.3 Å². The molecule has 0 nitrogen and oxygen atoms in total. The minimum Gasteiger partial charge on any atom is -0.244 e. The van der Waals surface area contributed by atoms with Crippen LogP contribution >= 0.6 is 0 Å². The molecule has 0 aromatic rings. The number of rotatable bonds is 1. The van der Waals surface area contributed by atoms with E-state index in [-0.39, 0.29) is 0 Å². The Morgan fingerprint density at radius 1 is 1.14 bits per heavy atom. The molecule has 4 aliphatic rings. The zero-order valence-electron chi connectivity index (χ0n) is 9.35. The van der Waals surface area contributed by atoms with Gasteiger partial charge in [0.1, 0.15) is 5.67 Å². The van der Waals surface area contributed by atoms with Crippen molar-refractivity contribution >= 4 is 0 Å². The summed E-state index contributed by atoms with van der Waals surface area (Å²) in [7, 11) is 0.